The number of aryl methyl sites for hydroxylation is 1. The maximum atomic E-state index is 2.27. The molecule has 0 bridgehead atoms. The van der Waals surface area contributed by atoms with Crippen molar-refractivity contribution in [1.29, 1.82) is 0 Å². The van der Waals surface area contributed by atoms with Crippen LogP contribution in [0.1, 0.15) is 30.0 Å². The predicted molar refractivity (Wildman–Crippen MR) is 75.8 cm³/mol. The first kappa shape index (κ1) is 11.7. The lowest BCUT2D eigenvalue weighted by Crippen LogP contribution is -1.84. The van der Waals surface area contributed by atoms with Crippen LogP contribution in [-0.4, -0.2) is 0 Å². The zero-order valence-corrected chi connectivity index (χ0v) is 10.5. The summed E-state index contributed by atoms with van der Waals surface area (Å²) in [5, 5.41) is 0. The Kier molecular flexibility index (Phi) is 3.77. The molecule has 0 amide bonds. The van der Waals surface area contributed by atoms with Gasteiger partial charge < -0.3 is 0 Å². The lowest BCUT2D eigenvalue weighted by Gasteiger charge is -2.06. The molecular formula is C17H18. The largest absolute Gasteiger partial charge is 0.0622 e. The van der Waals surface area contributed by atoms with Crippen molar-refractivity contribution < 1.29 is 0 Å². The van der Waals surface area contributed by atoms with E-state index in [1.165, 1.54) is 22.3 Å². The highest BCUT2D eigenvalue weighted by Crippen LogP contribution is 2.21. The quantitative estimate of drug-likeness (QED) is 0.645. The van der Waals surface area contributed by atoms with Crippen LogP contribution < -0.4 is 0 Å². The zero-order chi connectivity index (χ0) is 12.1. The molecule has 0 spiro atoms. The Balaban J connectivity index is 2.34. The van der Waals surface area contributed by atoms with E-state index in [0.29, 0.717) is 0 Å². The number of rotatable bonds is 3. The van der Waals surface area contributed by atoms with E-state index < -0.39 is 0 Å². The molecule has 86 valence electrons. The van der Waals surface area contributed by atoms with Crippen LogP contribution in [-0.2, 0) is 0 Å². The van der Waals surface area contributed by atoms with Gasteiger partial charge in [0, 0.05) is 0 Å². The fraction of sp³-hybridized carbons (Fsp3) is 0.176. The summed E-state index contributed by atoms with van der Waals surface area (Å²) >= 11 is 0. The number of hydrogen-bond acceptors (Lipinski definition) is 0. The van der Waals surface area contributed by atoms with Gasteiger partial charge in [-0.2, -0.15) is 0 Å². The minimum atomic E-state index is 1.05. The second-order valence-corrected chi connectivity index (χ2v) is 4.30. The minimum Gasteiger partial charge on any atom is -0.0622 e. The Morgan fingerprint density at radius 1 is 0.941 bits per heavy atom. The van der Waals surface area contributed by atoms with Gasteiger partial charge in [-0.05, 0) is 30.0 Å². The van der Waals surface area contributed by atoms with E-state index in [2.05, 4.69) is 74.5 Å². The van der Waals surface area contributed by atoms with Gasteiger partial charge in [-0.1, -0.05) is 73.2 Å². The zero-order valence-electron chi connectivity index (χ0n) is 10.5. The van der Waals surface area contributed by atoms with E-state index in [1.807, 2.05) is 0 Å². The molecule has 0 aliphatic carbocycles. The molecule has 0 fully saturated rings. The van der Waals surface area contributed by atoms with E-state index in [-0.39, 0.29) is 0 Å². The number of benzene rings is 2. The lowest BCUT2D eigenvalue weighted by atomic mass is 10.00. The first-order chi connectivity index (χ1) is 8.29. The number of allylic oxidation sites excluding steroid dienone is 1. The van der Waals surface area contributed by atoms with Gasteiger partial charge in [-0.25, -0.2) is 0 Å². The van der Waals surface area contributed by atoms with Crippen LogP contribution in [0.4, 0.5) is 0 Å². The predicted octanol–water partition coefficient (Wildman–Crippen LogP) is 4.95. The molecule has 0 nitrogen and oxygen atoms in total. The molecule has 0 saturated carbocycles. The van der Waals surface area contributed by atoms with Gasteiger partial charge in [0.05, 0.1) is 0 Å². The highest BCUT2D eigenvalue weighted by Gasteiger charge is 1.99. The molecule has 17 heavy (non-hydrogen) atoms. The van der Waals surface area contributed by atoms with Crippen molar-refractivity contribution >= 4 is 11.6 Å². The van der Waals surface area contributed by atoms with Crippen LogP contribution in [0.15, 0.2) is 54.6 Å². The molecule has 0 radical (unpaired) electrons. The van der Waals surface area contributed by atoms with Crippen LogP contribution in [0.25, 0.3) is 11.6 Å². The molecule has 0 aliphatic heterocycles. The Morgan fingerprint density at radius 2 is 1.59 bits per heavy atom. The highest BCUT2D eigenvalue weighted by molar-refractivity contribution is 5.81. The van der Waals surface area contributed by atoms with Crippen LogP contribution in [0.2, 0.25) is 0 Å². The van der Waals surface area contributed by atoms with Crippen molar-refractivity contribution in [2.75, 3.05) is 0 Å². The van der Waals surface area contributed by atoms with Gasteiger partial charge in [0.25, 0.3) is 0 Å². The average molecular weight is 222 g/mol. The van der Waals surface area contributed by atoms with Crippen LogP contribution in [0, 0.1) is 6.92 Å². The van der Waals surface area contributed by atoms with E-state index in [0.717, 1.165) is 6.42 Å². The van der Waals surface area contributed by atoms with E-state index in [4.69, 9.17) is 0 Å². The van der Waals surface area contributed by atoms with Crippen LogP contribution in [0.5, 0.6) is 0 Å². The molecule has 0 unspecified atom stereocenters. The van der Waals surface area contributed by atoms with Crippen molar-refractivity contribution in [2.24, 2.45) is 0 Å². The van der Waals surface area contributed by atoms with Crippen molar-refractivity contribution in [3.05, 3.63) is 71.3 Å². The average Bonchev–Trinajstić information content (AvgIpc) is 2.38. The molecule has 0 aliphatic rings. The third-order valence-corrected chi connectivity index (χ3v) is 2.94. The Hall–Kier alpha value is -1.82. The van der Waals surface area contributed by atoms with Crippen molar-refractivity contribution in [3.8, 4) is 0 Å². The van der Waals surface area contributed by atoms with E-state index in [1.54, 1.807) is 0 Å². The summed E-state index contributed by atoms with van der Waals surface area (Å²) in [4.78, 5) is 0. The maximum absolute atomic E-state index is 2.27. The van der Waals surface area contributed by atoms with Crippen LogP contribution in [0.3, 0.4) is 0 Å². The number of hydrogen-bond donors (Lipinski definition) is 0. The summed E-state index contributed by atoms with van der Waals surface area (Å²) in [6.07, 6.45) is 3.32. The minimum absolute atomic E-state index is 1.05. The summed E-state index contributed by atoms with van der Waals surface area (Å²) in [6, 6.07) is 19.2. The molecule has 0 heterocycles. The van der Waals surface area contributed by atoms with Crippen LogP contribution >= 0.6 is 0 Å². The topological polar surface area (TPSA) is 0 Å². The highest BCUT2D eigenvalue weighted by atomic mass is 14.0. The maximum Gasteiger partial charge on any atom is -0.0224 e. The van der Waals surface area contributed by atoms with Crippen molar-refractivity contribution in [1.82, 2.24) is 0 Å². The van der Waals surface area contributed by atoms with E-state index >= 15 is 0 Å². The Bertz CT molecular complexity index is 489. The first-order valence-corrected chi connectivity index (χ1v) is 6.12. The third kappa shape index (κ3) is 3.07. The lowest BCUT2D eigenvalue weighted by molar-refractivity contribution is 1.24. The molecule has 0 atom stereocenters. The summed E-state index contributed by atoms with van der Waals surface area (Å²) in [5.41, 5.74) is 5.28. The molecule has 2 rings (SSSR count). The van der Waals surface area contributed by atoms with Crippen molar-refractivity contribution in [3.63, 3.8) is 0 Å². The molecule has 0 heteroatoms. The Labute approximate surface area is 104 Å². The van der Waals surface area contributed by atoms with Gasteiger partial charge in [0.1, 0.15) is 0 Å². The van der Waals surface area contributed by atoms with Gasteiger partial charge >= 0.3 is 0 Å². The summed E-state index contributed by atoms with van der Waals surface area (Å²) < 4.78 is 0. The normalized spacial score (nSPS) is 11.5. The smallest absolute Gasteiger partial charge is 0.0224 e. The van der Waals surface area contributed by atoms with E-state index in [9.17, 15) is 0 Å². The SMILES string of the molecule is CC/C(=C/c1ccccc1)c1ccc(C)cc1. The fourth-order valence-corrected chi connectivity index (χ4v) is 1.91. The van der Waals surface area contributed by atoms with Gasteiger partial charge in [0.2, 0.25) is 0 Å². The molecule has 0 N–H and O–H groups in total. The third-order valence-electron chi connectivity index (χ3n) is 2.94. The standard InChI is InChI=1S/C17H18/c1-3-16(13-15-7-5-4-6-8-15)17-11-9-14(2)10-12-17/h4-13H,3H2,1-2H3/b16-13-. The first-order valence-electron chi connectivity index (χ1n) is 6.12. The molecule has 2 aromatic rings. The summed E-state index contributed by atoms with van der Waals surface area (Å²) in [6.45, 7) is 4.32. The monoisotopic (exact) mass is 222 g/mol. The summed E-state index contributed by atoms with van der Waals surface area (Å²) in [5.74, 6) is 0. The van der Waals surface area contributed by atoms with Gasteiger partial charge in [-0.15, -0.1) is 0 Å². The molecule has 2 aromatic carbocycles. The molecule has 0 aromatic heterocycles. The molecular weight excluding hydrogens is 204 g/mol. The van der Waals surface area contributed by atoms with Gasteiger partial charge in [-0.3, -0.25) is 0 Å². The fourth-order valence-electron chi connectivity index (χ4n) is 1.91. The Morgan fingerprint density at radius 3 is 2.18 bits per heavy atom. The van der Waals surface area contributed by atoms with Gasteiger partial charge in [0.15, 0.2) is 0 Å². The van der Waals surface area contributed by atoms with Crippen molar-refractivity contribution in [2.45, 2.75) is 20.3 Å². The second kappa shape index (κ2) is 5.49. The molecule has 0 saturated heterocycles. The second-order valence-electron chi connectivity index (χ2n) is 4.30. The summed E-state index contributed by atoms with van der Waals surface area (Å²) in [7, 11) is 0.